The van der Waals surface area contributed by atoms with Gasteiger partial charge in [-0.2, -0.15) is 4.31 Å². The van der Waals surface area contributed by atoms with Gasteiger partial charge in [-0.1, -0.05) is 31.9 Å². The molecule has 1 heterocycles. The SMILES string of the molecule is CCCCC1CC(c2ccc(F)cc2)c2cc(SC)c(O/C=C/C(=O)O)cc2S(=O)(=O)N1C. The first-order valence-electron chi connectivity index (χ1n) is 10.7. The van der Waals surface area contributed by atoms with Crippen LogP contribution in [0.4, 0.5) is 4.39 Å². The van der Waals surface area contributed by atoms with E-state index in [0.29, 0.717) is 16.9 Å². The average Bonchev–Trinajstić information content (AvgIpc) is 2.86. The first-order valence-corrected chi connectivity index (χ1v) is 13.4. The zero-order chi connectivity index (χ0) is 24.2. The molecule has 2 aromatic carbocycles. The van der Waals surface area contributed by atoms with Crippen molar-refractivity contribution in [3.63, 3.8) is 0 Å². The molecule has 2 atom stereocenters. The van der Waals surface area contributed by atoms with E-state index in [1.165, 1.54) is 34.3 Å². The monoisotopic (exact) mass is 493 g/mol. The summed E-state index contributed by atoms with van der Waals surface area (Å²) in [6, 6.07) is 9.25. The molecule has 0 aromatic heterocycles. The molecule has 0 radical (unpaired) electrons. The van der Waals surface area contributed by atoms with Crippen LogP contribution in [0.2, 0.25) is 0 Å². The molecular weight excluding hydrogens is 465 g/mol. The Hall–Kier alpha value is -2.36. The highest BCUT2D eigenvalue weighted by Crippen LogP contribution is 2.44. The number of halogens is 1. The average molecular weight is 494 g/mol. The molecule has 1 N–H and O–H groups in total. The first kappa shape index (κ1) is 25.3. The molecule has 6 nitrogen and oxygen atoms in total. The van der Waals surface area contributed by atoms with E-state index < -0.39 is 16.0 Å². The Morgan fingerprint density at radius 3 is 2.61 bits per heavy atom. The summed E-state index contributed by atoms with van der Waals surface area (Å²) in [6.07, 6.45) is 6.84. The molecule has 178 valence electrons. The van der Waals surface area contributed by atoms with Gasteiger partial charge in [-0.25, -0.2) is 17.6 Å². The number of carboxylic acid groups (broad SMARTS) is 1. The number of rotatable bonds is 8. The molecule has 0 aliphatic carbocycles. The minimum atomic E-state index is -3.85. The number of nitrogens with zero attached hydrogens (tertiary/aromatic N) is 1. The fourth-order valence-corrected chi connectivity index (χ4v) is 6.32. The minimum Gasteiger partial charge on any atom is -0.478 e. The van der Waals surface area contributed by atoms with E-state index in [4.69, 9.17) is 9.84 Å². The van der Waals surface area contributed by atoms with Crippen LogP contribution in [0, 0.1) is 5.82 Å². The molecule has 0 saturated heterocycles. The van der Waals surface area contributed by atoms with Gasteiger partial charge < -0.3 is 9.84 Å². The molecule has 3 rings (SSSR count). The number of carbonyl (C=O) groups is 1. The molecule has 0 fully saturated rings. The highest BCUT2D eigenvalue weighted by atomic mass is 32.2. The first-order chi connectivity index (χ1) is 15.7. The number of unbranched alkanes of at least 4 members (excludes halogenated alkanes) is 1. The Labute approximate surface area is 198 Å². The number of aliphatic carboxylic acids is 1. The van der Waals surface area contributed by atoms with Gasteiger partial charge in [0.15, 0.2) is 0 Å². The van der Waals surface area contributed by atoms with Crippen molar-refractivity contribution in [1.29, 1.82) is 0 Å². The number of hydrogen-bond acceptors (Lipinski definition) is 5. The fraction of sp³-hybridized carbons (Fsp3) is 0.375. The highest BCUT2D eigenvalue weighted by molar-refractivity contribution is 7.98. The van der Waals surface area contributed by atoms with Crippen molar-refractivity contribution in [3.8, 4) is 5.75 Å². The molecule has 2 aromatic rings. The van der Waals surface area contributed by atoms with E-state index in [1.54, 1.807) is 25.2 Å². The van der Waals surface area contributed by atoms with Crippen molar-refractivity contribution >= 4 is 27.8 Å². The maximum Gasteiger partial charge on any atom is 0.331 e. The largest absolute Gasteiger partial charge is 0.478 e. The summed E-state index contributed by atoms with van der Waals surface area (Å²) in [4.78, 5) is 11.6. The summed E-state index contributed by atoms with van der Waals surface area (Å²) in [5.74, 6) is -1.51. The second kappa shape index (κ2) is 10.7. The van der Waals surface area contributed by atoms with E-state index in [2.05, 4.69) is 6.92 Å². The topological polar surface area (TPSA) is 83.9 Å². The smallest absolute Gasteiger partial charge is 0.331 e. The number of ether oxygens (including phenoxy) is 1. The lowest BCUT2D eigenvalue weighted by atomic mass is 9.84. The Morgan fingerprint density at radius 1 is 1.30 bits per heavy atom. The van der Waals surface area contributed by atoms with Gasteiger partial charge in [-0.15, -0.1) is 11.8 Å². The van der Waals surface area contributed by atoms with Crippen LogP contribution in [0.15, 0.2) is 58.5 Å². The van der Waals surface area contributed by atoms with Crippen LogP contribution in [0.3, 0.4) is 0 Å². The van der Waals surface area contributed by atoms with Crippen LogP contribution in [0.25, 0.3) is 0 Å². The van der Waals surface area contributed by atoms with Gasteiger partial charge in [-0.05, 0) is 48.4 Å². The van der Waals surface area contributed by atoms with Crippen LogP contribution < -0.4 is 4.74 Å². The van der Waals surface area contributed by atoms with Crippen LogP contribution in [0.1, 0.15) is 49.7 Å². The molecule has 1 aliphatic heterocycles. The predicted octanol–water partition coefficient (Wildman–Crippen LogP) is 5.24. The zero-order valence-corrected chi connectivity index (χ0v) is 20.5. The van der Waals surface area contributed by atoms with Crippen LogP contribution in [-0.4, -0.2) is 43.1 Å². The minimum absolute atomic E-state index is 0.120. The van der Waals surface area contributed by atoms with E-state index in [-0.39, 0.29) is 28.4 Å². The Kier molecular flexibility index (Phi) is 8.20. The molecule has 2 unspecified atom stereocenters. The van der Waals surface area contributed by atoms with Gasteiger partial charge in [0, 0.05) is 25.1 Å². The van der Waals surface area contributed by atoms with Gasteiger partial charge in [0.2, 0.25) is 10.0 Å². The number of thioether (sulfide) groups is 1. The summed E-state index contributed by atoms with van der Waals surface area (Å²) in [5.41, 5.74) is 1.47. The fourth-order valence-electron chi connectivity index (χ4n) is 4.12. The lowest BCUT2D eigenvalue weighted by Crippen LogP contribution is -2.36. The van der Waals surface area contributed by atoms with E-state index in [9.17, 15) is 17.6 Å². The summed E-state index contributed by atoms with van der Waals surface area (Å²) in [7, 11) is -2.25. The molecular formula is C24H28FNO5S2. The molecule has 9 heteroatoms. The molecule has 1 aliphatic rings. The van der Waals surface area contributed by atoms with Crippen LogP contribution in [0.5, 0.6) is 5.75 Å². The van der Waals surface area contributed by atoms with Gasteiger partial charge in [0.1, 0.15) is 11.6 Å². The van der Waals surface area contributed by atoms with Crippen molar-refractivity contribution in [3.05, 3.63) is 65.7 Å². The van der Waals surface area contributed by atoms with Crippen LogP contribution in [-0.2, 0) is 14.8 Å². The third kappa shape index (κ3) is 5.59. The summed E-state index contributed by atoms with van der Waals surface area (Å²) < 4.78 is 47.9. The second-order valence-electron chi connectivity index (χ2n) is 7.96. The maximum atomic E-state index is 13.7. The number of hydrogen-bond donors (Lipinski definition) is 1. The standard InChI is InChI=1S/C24H28FNO5S2/c1-4-5-6-18-13-19(16-7-9-17(25)10-8-16)20-14-22(32-3)21(31-12-11-24(27)28)15-23(20)33(29,30)26(18)2/h7-12,14-15,18-19H,4-6,13H2,1-3H3,(H,27,28)/b12-11+. The normalized spacial score (nSPS) is 20.4. The third-order valence-corrected chi connectivity index (χ3v) is 8.64. The molecule has 0 amide bonds. The quantitative estimate of drug-likeness (QED) is 0.308. The number of benzene rings is 2. The summed E-state index contributed by atoms with van der Waals surface area (Å²) in [5, 5.41) is 8.84. The molecule has 33 heavy (non-hydrogen) atoms. The molecule has 0 bridgehead atoms. The highest BCUT2D eigenvalue weighted by Gasteiger charge is 2.38. The van der Waals surface area contributed by atoms with Crippen molar-refractivity contribution in [2.45, 2.75) is 54.4 Å². The third-order valence-electron chi connectivity index (χ3n) is 5.92. The lowest BCUT2D eigenvalue weighted by molar-refractivity contribution is -0.131. The van der Waals surface area contributed by atoms with Crippen molar-refractivity contribution < 1.29 is 27.4 Å². The second-order valence-corrected chi connectivity index (χ2v) is 10.8. The lowest BCUT2D eigenvalue weighted by Gasteiger charge is -2.26. The maximum absolute atomic E-state index is 13.7. The molecule has 0 spiro atoms. The van der Waals surface area contributed by atoms with Gasteiger partial charge >= 0.3 is 5.97 Å². The van der Waals surface area contributed by atoms with Crippen LogP contribution >= 0.6 is 11.8 Å². The summed E-state index contributed by atoms with van der Waals surface area (Å²) in [6.45, 7) is 2.07. The van der Waals surface area contributed by atoms with Crippen molar-refractivity contribution in [2.75, 3.05) is 13.3 Å². The van der Waals surface area contributed by atoms with Gasteiger partial charge in [0.05, 0.1) is 22.1 Å². The van der Waals surface area contributed by atoms with Gasteiger partial charge in [-0.3, -0.25) is 0 Å². The number of fused-ring (bicyclic) bond motifs is 1. The van der Waals surface area contributed by atoms with E-state index in [1.807, 2.05) is 6.26 Å². The van der Waals surface area contributed by atoms with Crippen molar-refractivity contribution in [1.82, 2.24) is 4.31 Å². The van der Waals surface area contributed by atoms with Crippen molar-refractivity contribution in [2.24, 2.45) is 0 Å². The number of sulfonamides is 1. The number of carboxylic acids is 1. The summed E-state index contributed by atoms with van der Waals surface area (Å²) >= 11 is 1.37. The van der Waals surface area contributed by atoms with E-state index in [0.717, 1.165) is 37.2 Å². The van der Waals surface area contributed by atoms with Gasteiger partial charge in [0.25, 0.3) is 0 Å². The Morgan fingerprint density at radius 2 is 2.00 bits per heavy atom. The van der Waals surface area contributed by atoms with E-state index >= 15 is 0 Å². The molecule has 0 saturated carbocycles. The predicted molar refractivity (Wildman–Crippen MR) is 127 cm³/mol. The zero-order valence-electron chi connectivity index (χ0n) is 18.8. The Bertz CT molecular complexity index is 1130. The Balaban J connectivity index is 2.21.